The lowest BCUT2D eigenvalue weighted by molar-refractivity contribution is -0.139. The molecule has 2 aromatic carbocycles. The van der Waals surface area contributed by atoms with Gasteiger partial charge >= 0.3 is 12.1 Å². The molecule has 0 radical (unpaired) electrons. The van der Waals surface area contributed by atoms with Crippen LogP contribution in [-0.2, 0) is 20.7 Å². The van der Waals surface area contributed by atoms with E-state index in [4.69, 9.17) is 14.2 Å². The van der Waals surface area contributed by atoms with Gasteiger partial charge in [-0.2, -0.15) is 0 Å². The van der Waals surface area contributed by atoms with Crippen LogP contribution in [0.15, 0.2) is 36.4 Å². The minimum absolute atomic E-state index is 0.197. The number of hydrogen-bond donors (Lipinski definition) is 1. The van der Waals surface area contributed by atoms with Crippen molar-refractivity contribution in [3.05, 3.63) is 47.5 Å². The van der Waals surface area contributed by atoms with Crippen molar-refractivity contribution in [3.8, 4) is 16.9 Å². The summed E-state index contributed by atoms with van der Waals surface area (Å²) >= 11 is 0. The summed E-state index contributed by atoms with van der Waals surface area (Å²) in [6.45, 7) is 7.32. The Balaban J connectivity index is 2.40. The lowest BCUT2D eigenvalue weighted by Gasteiger charge is -2.22. The molecule has 0 saturated heterocycles. The number of hydrogen-bond acceptors (Lipinski definition) is 5. The van der Waals surface area contributed by atoms with Gasteiger partial charge in [-0.3, -0.25) is 10.1 Å². The number of esters is 1. The molecule has 0 fully saturated rings. The van der Waals surface area contributed by atoms with Crippen LogP contribution in [0.25, 0.3) is 11.1 Å². The number of carbonyl (C=O) groups is 2. The highest BCUT2D eigenvalue weighted by Crippen LogP contribution is 2.36. The zero-order valence-electron chi connectivity index (χ0n) is 17.2. The lowest BCUT2D eigenvalue weighted by atomic mass is 9.96. The molecule has 0 bridgehead atoms. The van der Waals surface area contributed by atoms with Crippen molar-refractivity contribution in [2.24, 2.45) is 0 Å². The standard InChI is InChI=1S/C22H27NO5/c1-14-17(16-9-7-8-15(12-16)13-19(24)27-6)10-11-18(26-5)20(14)23-21(25)28-22(2,3)4/h7-12H,13H2,1-6H3,(H,23,25). The molecule has 28 heavy (non-hydrogen) atoms. The minimum Gasteiger partial charge on any atom is -0.495 e. The highest BCUT2D eigenvalue weighted by molar-refractivity contribution is 5.91. The molecule has 0 aromatic heterocycles. The number of rotatable bonds is 5. The van der Waals surface area contributed by atoms with E-state index in [0.29, 0.717) is 11.4 Å². The van der Waals surface area contributed by atoms with E-state index >= 15 is 0 Å². The van der Waals surface area contributed by atoms with E-state index in [1.807, 2.05) is 37.3 Å². The number of amides is 1. The van der Waals surface area contributed by atoms with Crippen LogP contribution in [0.5, 0.6) is 5.75 Å². The molecule has 2 aromatic rings. The summed E-state index contributed by atoms with van der Waals surface area (Å²) in [7, 11) is 2.92. The van der Waals surface area contributed by atoms with Crippen LogP contribution in [0, 0.1) is 6.92 Å². The maximum absolute atomic E-state index is 12.3. The molecular weight excluding hydrogens is 358 g/mol. The third kappa shape index (κ3) is 5.49. The molecule has 0 aliphatic heterocycles. The molecule has 0 atom stereocenters. The molecule has 6 heteroatoms. The number of anilines is 1. The van der Waals surface area contributed by atoms with E-state index in [2.05, 4.69) is 5.32 Å². The van der Waals surface area contributed by atoms with Crippen LogP contribution in [0.1, 0.15) is 31.9 Å². The van der Waals surface area contributed by atoms with Crippen molar-refractivity contribution in [3.63, 3.8) is 0 Å². The maximum Gasteiger partial charge on any atom is 0.412 e. The monoisotopic (exact) mass is 385 g/mol. The van der Waals surface area contributed by atoms with E-state index in [-0.39, 0.29) is 12.4 Å². The van der Waals surface area contributed by atoms with Crippen molar-refractivity contribution in [1.29, 1.82) is 0 Å². The third-order valence-corrected chi connectivity index (χ3v) is 4.09. The van der Waals surface area contributed by atoms with Crippen LogP contribution in [0.2, 0.25) is 0 Å². The molecule has 0 aliphatic rings. The summed E-state index contributed by atoms with van der Waals surface area (Å²) in [4.78, 5) is 23.8. The SMILES string of the molecule is COC(=O)Cc1cccc(-c2ccc(OC)c(NC(=O)OC(C)(C)C)c2C)c1. The number of methoxy groups -OCH3 is 2. The van der Waals surface area contributed by atoms with Crippen molar-refractivity contribution < 1.29 is 23.8 Å². The fraction of sp³-hybridized carbons (Fsp3) is 0.364. The molecule has 0 spiro atoms. The first-order valence-electron chi connectivity index (χ1n) is 8.98. The van der Waals surface area contributed by atoms with Gasteiger partial charge in [-0.15, -0.1) is 0 Å². The summed E-state index contributed by atoms with van der Waals surface area (Å²) in [5.74, 6) is 0.244. The topological polar surface area (TPSA) is 73.9 Å². The first kappa shape index (κ1) is 21.3. The smallest absolute Gasteiger partial charge is 0.412 e. The summed E-state index contributed by atoms with van der Waals surface area (Å²) in [6.07, 6.45) is -0.353. The summed E-state index contributed by atoms with van der Waals surface area (Å²) in [5.41, 5.74) is 3.46. The zero-order chi connectivity index (χ0) is 20.9. The largest absolute Gasteiger partial charge is 0.495 e. The van der Waals surface area contributed by atoms with Crippen molar-refractivity contribution in [2.45, 2.75) is 39.7 Å². The predicted molar refractivity (Wildman–Crippen MR) is 109 cm³/mol. The van der Waals surface area contributed by atoms with Gasteiger partial charge in [0, 0.05) is 0 Å². The second kappa shape index (κ2) is 8.78. The molecule has 0 heterocycles. The zero-order valence-corrected chi connectivity index (χ0v) is 17.2. The quantitative estimate of drug-likeness (QED) is 0.753. The lowest BCUT2D eigenvalue weighted by Crippen LogP contribution is -2.27. The number of carbonyl (C=O) groups excluding carboxylic acids is 2. The molecule has 2 rings (SSSR count). The minimum atomic E-state index is -0.606. The predicted octanol–water partition coefficient (Wildman–Crippen LogP) is 4.73. The van der Waals surface area contributed by atoms with E-state index in [1.165, 1.54) is 7.11 Å². The van der Waals surface area contributed by atoms with Gasteiger partial charge in [0.1, 0.15) is 11.4 Å². The summed E-state index contributed by atoms with van der Waals surface area (Å²) in [6, 6.07) is 11.4. The molecule has 1 N–H and O–H groups in total. The van der Waals surface area contributed by atoms with E-state index in [9.17, 15) is 9.59 Å². The average Bonchev–Trinajstić information content (AvgIpc) is 2.61. The normalized spacial score (nSPS) is 10.9. The van der Waals surface area contributed by atoms with Gasteiger partial charge in [0.15, 0.2) is 0 Å². The van der Waals surface area contributed by atoms with Crippen LogP contribution in [-0.4, -0.2) is 31.9 Å². The van der Waals surface area contributed by atoms with Gasteiger partial charge < -0.3 is 14.2 Å². The second-order valence-corrected chi connectivity index (χ2v) is 7.40. The Kier molecular flexibility index (Phi) is 6.67. The summed E-state index contributed by atoms with van der Waals surface area (Å²) in [5, 5.41) is 2.79. The Morgan fingerprint density at radius 2 is 1.79 bits per heavy atom. The fourth-order valence-corrected chi connectivity index (χ4v) is 2.82. The van der Waals surface area contributed by atoms with Crippen molar-refractivity contribution >= 4 is 17.7 Å². The Labute approximate surface area is 165 Å². The highest BCUT2D eigenvalue weighted by atomic mass is 16.6. The Bertz CT molecular complexity index is 868. The average molecular weight is 385 g/mol. The van der Waals surface area contributed by atoms with E-state index in [0.717, 1.165) is 22.3 Å². The van der Waals surface area contributed by atoms with Crippen molar-refractivity contribution in [1.82, 2.24) is 0 Å². The van der Waals surface area contributed by atoms with Gasteiger partial charge in [-0.25, -0.2) is 4.79 Å². The maximum atomic E-state index is 12.3. The number of ether oxygens (including phenoxy) is 3. The first-order chi connectivity index (χ1) is 13.1. The van der Waals surface area contributed by atoms with Crippen LogP contribution in [0.3, 0.4) is 0 Å². The molecule has 0 aliphatic carbocycles. The number of nitrogens with one attached hydrogen (secondary N) is 1. The molecule has 6 nitrogen and oxygen atoms in total. The van der Waals surface area contributed by atoms with Gasteiger partial charge in [-0.05, 0) is 56.0 Å². The van der Waals surface area contributed by atoms with Crippen LogP contribution >= 0.6 is 0 Å². The molecule has 0 saturated carbocycles. The Morgan fingerprint density at radius 3 is 2.39 bits per heavy atom. The van der Waals surface area contributed by atoms with Gasteiger partial charge in [0.2, 0.25) is 0 Å². The first-order valence-corrected chi connectivity index (χ1v) is 8.98. The van der Waals surface area contributed by atoms with Gasteiger partial charge in [-0.1, -0.05) is 30.3 Å². The van der Waals surface area contributed by atoms with Crippen molar-refractivity contribution in [2.75, 3.05) is 19.5 Å². The van der Waals surface area contributed by atoms with Crippen LogP contribution < -0.4 is 10.1 Å². The van der Waals surface area contributed by atoms with E-state index in [1.54, 1.807) is 33.9 Å². The molecule has 1 amide bonds. The summed E-state index contributed by atoms with van der Waals surface area (Å²) < 4.78 is 15.5. The van der Waals surface area contributed by atoms with Gasteiger partial charge in [0.25, 0.3) is 0 Å². The highest BCUT2D eigenvalue weighted by Gasteiger charge is 2.20. The molecule has 0 unspecified atom stereocenters. The Hall–Kier alpha value is -3.02. The number of benzene rings is 2. The third-order valence-electron chi connectivity index (χ3n) is 4.09. The molecule has 150 valence electrons. The fourth-order valence-electron chi connectivity index (χ4n) is 2.82. The van der Waals surface area contributed by atoms with E-state index < -0.39 is 11.7 Å². The second-order valence-electron chi connectivity index (χ2n) is 7.40. The molecular formula is C22H27NO5. The van der Waals surface area contributed by atoms with Gasteiger partial charge in [0.05, 0.1) is 26.3 Å². The Morgan fingerprint density at radius 1 is 1.07 bits per heavy atom. The van der Waals surface area contributed by atoms with Crippen LogP contribution in [0.4, 0.5) is 10.5 Å².